The zero-order chi connectivity index (χ0) is 19.7. The molecule has 0 aromatic carbocycles. The van der Waals surface area contributed by atoms with Crippen molar-refractivity contribution in [3.63, 3.8) is 0 Å². The molecule has 9 nitrogen and oxygen atoms in total. The molecule has 4 rings (SSSR count). The Hall–Kier alpha value is -2.62. The zero-order valence-electron chi connectivity index (χ0n) is 14.7. The number of carbonyl (C=O) groups excluding carboxylic acids is 1. The van der Waals surface area contributed by atoms with Gasteiger partial charge in [0.15, 0.2) is 10.8 Å². The molecule has 28 heavy (non-hydrogen) atoms. The minimum absolute atomic E-state index is 0.236. The highest BCUT2D eigenvalue weighted by Gasteiger charge is 2.30. The lowest BCUT2D eigenvalue weighted by molar-refractivity contribution is 0.261. The van der Waals surface area contributed by atoms with E-state index in [0.717, 1.165) is 18.5 Å². The standard InChI is InChI=1S/C17H17Cl2N7O2/c18-10-5-11(16(22-7-10)28-4-3-20)23-17(27)24-12-8-21-14-6-13(19)25-26(14)15(12)9-1-2-9/h5-9H,1-4,20H2,(H2,23,24,27). The number of anilines is 2. The number of hydrogen-bond acceptors (Lipinski definition) is 6. The van der Waals surface area contributed by atoms with Gasteiger partial charge in [0.2, 0.25) is 5.88 Å². The van der Waals surface area contributed by atoms with Crippen molar-refractivity contribution < 1.29 is 9.53 Å². The summed E-state index contributed by atoms with van der Waals surface area (Å²) in [4.78, 5) is 21.0. The molecule has 0 atom stereocenters. The first-order valence-electron chi connectivity index (χ1n) is 8.65. The molecule has 2 amide bonds. The fourth-order valence-corrected chi connectivity index (χ4v) is 3.16. The van der Waals surface area contributed by atoms with Gasteiger partial charge in [0, 0.05) is 24.7 Å². The van der Waals surface area contributed by atoms with Crippen molar-refractivity contribution in [3.8, 4) is 5.88 Å². The minimum Gasteiger partial charge on any atom is -0.475 e. The molecule has 0 spiro atoms. The van der Waals surface area contributed by atoms with E-state index in [4.69, 9.17) is 33.7 Å². The van der Waals surface area contributed by atoms with Crippen molar-refractivity contribution in [2.75, 3.05) is 23.8 Å². The van der Waals surface area contributed by atoms with Crippen LogP contribution in [0, 0.1) is 0 Å². The number of rotatable bonds is 6. The second-order valence-corrected chi connectivity index (χ2v) is 7.11. The Morgan fingerprint density at radius 2 is 2.00 bits per heavy atom. The number of fused-ring (bicyclic) bond motifs is 1. The van der Waals surface area contributed by atoms with Crippen LogP contribution in [-0.2, 0) is 0 Å². The lowest BCUT2D eigenvalue weighted by atomic mass is 10.2. The number of urea groups is 1. The molecule has 3 aromatic rings. The number of pyridine rings is 1. The number of halogens is 2. The van der Waals surface area contributed by atoms with Crippen molar-refractivity contribution >= 4 is 46.3 Å². The van der Waals surface area contributed by atoms with E-state index in [9.17, 15) is 4.79 Å². The van der Waals surface area contributed by atoms with Gasteiger partial charge in [-0.15, -0.1) is 0 Å². The summed E-state index contributed by atoms with van der Waals surface area (Å²) in [5, 5.41) is 10.5. The highest BCUT2D eigenvalue weighted by Crippen LogP contribution is 2.43. The summed E-state index contributed by atoms with van der Waals surface area (Å²) in [6.45, 7) is 0.580. The molecule has 11 heteroatoms. The largest absolute Gasteiger partial charge is 0.475 e. The third-order valence-electron chi connectivity index (χ3n) is 4.13. The molecule has 1 aliphatic carbocycles. The van der Waals surface area contributed by atoms with Gasteiger partial charge in [-0.3, -0.25) is 0 Å². The summed E-state index contributed by atoms with van der Waals surface area (Å²) in [7, 11) is 0. The number of amides is 2. The first-order valence-corrected chi connectivity index (χ1v) is 9.41. The first kappa shape index (κ1) is 18.7. The summed E-state index contributed by atoms with van der Waals surface area (Å²) in [6, 6.07) is 2.75. The molecule has 0 aliphatic heterocycles. The van der Waals surface area contributed by atoms with E-state index >= 15 is 0 Å². The van der Waals surface area contributed by atoms with E-state index in [1.54, 1.807) is 22.8 Å². The Labute approximate surface area is 170 Å². The lowest BCUT2D eigenvalue weighted by Crippen LogP contribution is -2.22. The third-order valence-corrected chi connectivity index (χ3v) is 4.52. The van der Waals surface area contributed by atoms with Gasteiger partial charge in [-0.05, 0) is 18.9 Å². The topological polar surface area (TPSA) is 119 Å². The lowest BCUT2D eigenvalue weighted by Gasteiger charge is -2.14. The molecule has 0 unspecified atom stereocenters. The van der Waals surface area contributed by atoms with Crippen LogP contribution >= 0.6 is 23.2 Å². The van der Waals surface area contributed by atoms with E-state index in [2.05, 4.69) is 25.7 Å². The van der Waals surface area contributed by atoms with E-state index in [1.807, 2.05) is 0 Å². The Morgan fingerprint density at radius 3 is 2.75 bits per heavy atom. The van der Waals surface area contributed by atoms with Gasteiger partial charge in [-0.25, -0.2) is 19.3 Å². The van der Waals surface area contributed by atoms with Crippen LogP contribution < -0.4 is 21.1 Å². The summed E-state index contributed by atoms with van der Waals surface area (Å²) in [5.74, 6) is 0.535. The van der Waals surface area contributed by atoms with Crippen LogP contribution in [-0.4, -0.2) is 38.8 Å². The quantitative estimate of drug-likeness (QED) is 0.561. The average Bonchev–Trinajstić information content (AvgIpc) is 3.41. The maximum Gasteiger partial charge on any atom is 0.323 e. The number of nitrogens with one attached hydrogen (secondary N) is 2. The van der Waals surface area contributed by atoms with Crippen LogP contribution in [0.2, 0.25) is 10.2 Å². The van der Waals surface area contributed by atoms with Crippen molar-refractivity contribution in [2.24, 2.45) is 5.73 Å². The summed E-state index contributed by atoms with van der Waals surface area (Å²) in [5.41, 5.74) is 7.86. The van der Waals surface area contributed by atoms with E-state index < -0.39 is 6.03 Å². The summed E-state index contributed by atoms with van der Waals surface area (Å²) >= 11 is 12.0. The van der Waals surface area contributed by atoms with Crippen LogP contribution in [0.25, 0.3) is 5.65 Å². The van der Waals surface area contributed by atoms with Gasteiger partial charge < -0.3 is 21.1 Å². The Bertz CT molecular complexity index is 1040. The van der Waals surface area contributed by atoms with Crippen LogP contribution in [0.15, 0.2) is 24.5 Å². The molecular weight excluding hydrogens is 405 g/mol. The van der Waals surface area contributed by atoms with Gasteiger partial charge in [0.05, 0.1) is 22.6 Å². The molecule has 3 aromatic heterocycles. The van der Waals surface area contributed by atoms with Crippen LogP contribution in [0.3, 0.4) is 0 Å². The molecule has 0 bridgehead atoms. The van der Waals surface area contributed by atoms with E-state index in [1.165, 1.54) is 6.20 Å². The van der Waals surface area contributed by atoms with E-state index in [-0.39, 0.29) is 12.5 Å². The predicted octanol–water partition coefficient (Wildman–Crippen LogP) is 3.29. The fourth-order valence-electron chi connectivity index (χ4n) is 2.83. The van der Waals surface area contributed by atoms with Gasteiger partial charge >= 0.3 is 6.03 Å². The Balaban J connectivity index is 1.58. The van der Waals surface area contributed by atoms with Crippen LogP contribution in [0.1, 0.15) is 24.5 Å². The third kappa shape index (κ3) is 3.96. The molecule has 1 saturated carbocycles. The van der Waals surface area contributed by atoms with Crippen molar-refractivity contribution in [1.82, 2.24) is 19.6 Å². The van der Waals surface area contributed by atoms with Crippen molar-refractivity contribution in [2.45, 2.75) is 18.8 Å². The highest BCUT2D eigenvalue weighted by molar-refractivity contribution is 6.31. The molecule has 4 N–H and O–H groups in total. The maximum absolute atomic E-state index is 12.6. The van der Waals surface area contributed by atoms with Crippen LogP contribution in [0.4, 0.5) is 16.2 Å². The second-order valence-electron chi connectivity index (χ2n) is 6.29. The number of nitrogens with two attached hydrogens (primary N) is 1. The van der Waals surface area contributed by atoms with Crippen LogP contribution in [0.5, 0.6) is 5.88 Å². The molecule has 0 saturated heterocycles. The van der Waals surface area contributed by atoms with Gasteiger partial charge in [-0.1, -0.05) is 23.2 Å². The zero-order valence-corrected chi connectivity index (χ0v) is 16.2. The Morgan fingerprint density at radius 1 is 1.21 bits per heavy atom. The number of carbonyl (C=O) groups is 1. The molecule has 3 heterocycles. The van der Waals surface area contributed by atoms with Gasteiger partial charge in [0.25, 0.3) is 0 Å². The highest BCUT2D eigenvalue weighted by atomic mass is 35.5. The molecular formula is C17H17Cl2N7O2. The molecule has 1 fully saturated rings. The number of ether oxygens (including phenoxy) is 1. The van der Waals surface area contributed by atoms with Gasteiger partial charge in [0.1, 0.15) is 12.3 Å². The molecule has 146 valence electrons. The summed E-state index contributed by atoms with van der Waals surface area (Å²) < 4.78 is 7.12. The van der Waals surface area contributed by atoms with E-state index in [0.29, 0.717) is 39.7 Å². The normalized spacial score (nSPS) is 13.5. The maximum atomic E-state index is 12.6. The fraction of sp³-hybridized carbons (Fsp3) is 0.294. The first-order chi connectivity index (χ1) is 13.5. The predicted molar refractivity (Wildman–Crippen MR) is 106 cm³/mol. The minimum atomic E-state index is -0.483. The molecule has 0 radical (unpaired) electrons. The SMILES string of the molecule is NCCOc1ncc(Cl)cc1NC(=O)Nc1cnc2cc(Cl)nn2c1C1CC1. The Kier molecular flexibility index (Phi) is 5.21. The summed E-state index contributed by atoms with van der Waals surface area (Å²) in [6.07, 6.45) is 5.06. The van der Waals surface area contributed by atoms with Gasteiger partial charge in [-0.2, -0.15) is 5.10 Å². The smallest absolute Gasteiger partial charge is 0.323 e. The van der Waals surface area contributed by atoms with Crippen molar-refractivity contribution in [1.29, 1.82) is 0 Å². The second kappa shape index (κ2) is 7.78. The number of nitrogens with zero attached hydrogens (tertiary/aromatic N) is 4. The number of hydrogen-bond donors (Lipinski definition) is 3. The van der Waals surface area contributed by atoms with Crippen molar-refractivity contribution in [3.05, 3.63) is 40.4 Å². The molecule has 1 aliphatic rings. The average molecular weight is 422 g/mol. The number of aromatic nitrogens is 4. The monoisotopic (exact) mass is 421 g/mol.